The monoisotopic (exact) mass is 441 g/mol. The molecular weight excluding hydrogens is 410 g/mol. The number of anilines is 1. The van der Waals surface area contributed by atoms with Crippen LogP contribution in [0.15, 0.2) is 11.2 Å². The Balaban J connectivity index is 2.01. The summed E-state index contributed by atoms with van der Waals surface area (Å²) in [5.41, 5.74) is 0. The summed E-state index contributed by atoms with van der Waals surface area (Å²) in [4.78, 5) is 39.4. The molecule has 162 valence electrons. The van der Waals surface area contributed by atoms with Crippen molar-refractivity contribution in [3.8, 4) is 0 Å². The maximum Gasteiger partial charge on any atom is 0.233 e. The van der Waals surface area contributed by atoms with Gasteiger partial charge in [0.25, 0.3) is 0 Å². The van der Waals surface area contributed by atoms with E-state index in [1.54, 1.807) is 11.0 Å². The minimum Gasteiger partial charge on any atom is -0.353 e. The highest BCUT2D eigenvalue weighted by atomic mass is 35.5. The number of nitrogens with zero attached hydrogens (tertiary/aromatic N) is 5. The quantitative estimate of drug-likeness (QED) is 0.332. The number of piperazine rings is 1. The fraction of sp³-hybridized carbons (Fsp3) is 0.700. The number of halogens is 1. The van der Waals surface area contributed by atoms with Crippen molar-refractivity contribution in [2.45, 2.75) is 58.2 Å². The molecule has 0 N–H and O–H groups in total. The van der Waals surface area contributed by atoms with Gasteiger partial charge in [0, 0.05) is 51.3 Å². The molecule has 1 aromatic rings. The molecule has 1 fully saturated rings. The summed E-state index contributed by atoms with van der Waals surface area (Å²) in [6.07, 6.45) is 2.57. The van der Waals surface area contributed by atoms with E-state index >= 15 is 0 Å². The lowest BCUT2D eigenvalue weighted by molar-refractivity contribution is -0.133. The Morgan fingerprint density at radius 1 is 1.24 bits per heavy atom. The van der Waals surface area contributed by atoms with Crippen molar-refractivity contribution in [2.24, 2.45) is 0 Å². The van der Waals surface area contributed by atoms with Crippen LogP contribution < -0.4 is 4.90 Å². The van der Waals surface area contributed by atoms with Crippen LogP contribution in [-0.2, 0) is 9.59 Å². The first-order chi connectivity index (χ1) is 13.9. The molecule has 2 rings (SSSR count). The van der Waals surface area contributed by atoms with Crippen LogP contribution in [0.3, 0.4) is 0 Å². The average molecular weight is 442 g/mol. The van der Waals surface area contributed by atoms with Gasteiger partial charge in [-0.1, -0.05) is 36.7 Å². The number of unbranched alkanes of at least 4 members (excludes halogenated alkanes) is 1. The van der Waals surface area contributed by atoms with Gasteiger partial charge in [-0.3, -0.25) is 9.59 Å². The lowest BCUT2D eigenvalue weighted by atomic mass is 10.1. The van der Waals surface area contributed by atoms with E-state index in [2.05, 4.69) is 28.7 Å². The van der Waals surface area contributed by atoms with E-state index in [0.29, 0.717) is 49.5 Å². The molecule has 0 saturated carbocycles. The van der Waals surface area contributed by atoms with E-state index in [0.717, 1.165) is 18.7 Å². The number of hydrogen-bond acceptors (Lipinski definition) is 6. The second kappa shape index (κ2) is 11.6. The van der Waals surface area contributed by atoms with Crippen LogP contribution in [0.5, 0.6) is 0 Å². The van der Waals surface area contributed by atoms with E-state index in [1.165, 1.54) is 11.8 Å². The van der Waals surface area contributed by atoms with Gasteiger partial charge in [-0.2, -0.15) is 0 Å². The van der Waals surface area contributed by atoms with Gasteiger partial charge in [-0.25, -0.2) is 9.97 Å². The van der Waals surface area contributed by atoms with E-state index in [-0.39, 0.29) is 23.6 Å². The number of amides is 2. The summed E-state index contributed by atoms with van der Waals surface area (Å²) in [5.74, 6) is 1.33. The van der Waals surface area contributed by atoms with E-state index < -0.39 is 0 Å². The molecule has 1 atom stereocenters. The van der Waals surface area contributed by atoms with Crippen molar-refractivity contribution in [1.29, 1.82) is 0 Å². The summed E-state index contributed by atoms with van der Waals surface area (Å²) in [7, 11) is 0. The molecule has 0 radical (unpaired) electrons. The van der Waals surface area contributed by atoms with Crippen LogP contribution in [0, 0.1) is 0 Å². The number of hydrogen-bond donors (Lipinski definition) is 0. The summed E-state index contributed by atoms with van der Waals surface area (Å²) in [6, 6.07) is 1.86. The molecule has 0 aliphatic carbocycles. The Labute approximate surface area is 183 Å². The molecule has 7 nitrogen and oxygen atoms in total. The van der Waals surface area contributed by atoms with Crippen LogP contribution >= 0.6 is 23.4 Å². The molecule has 1 saturated heterocycles. The molecule has 0 spiro atoms. The van der Waals surface area contributed by atoms with Gasteiger partial charge in [0.1, 0.15) is 11.0 Å². The first-order valence-corrected chi connectivity index (χ1v) is 11.7. The number of thioether (sulfide) groups is 1. The van der Waals surface area contributed by atoms with Crippen LogP contribution in [0.2, 0.25) is 5.15 Å². The van der Waals surface area contributed by atoms with Gasteiger partial charge in [0.15, 0.2) is 5.16 Å². The van der Waals surface area contributed by atoms with Crippen LogP contribution in [-0.4, -0.2) is 76.1 Å². The maximum absolute atomic E-state index is 12.4. The van der Waals surface area contributed by atoms with Crippen molar-refractivity contribution in [3.63, 3.8) is 0 Å². The van der Waals surface area contributed by atoms with Gasteiger partial charge in [0.05, 0.1) is 5.75 Å². The van der Waals surface area contributed by atoms with Crippen molar-refractivity contribution >= 4 is 41.0 Å². The number of aromatic nitrogens is 2. The van der Waals surface area contributed by atoms with Gasteiger partial charge in [-0.05, 0) is 27.2 Å². The minimum absolute atomic E-state index is 0.0675. The molecule has 1 aromatic heterocycles. The van der Waals surface area contributed by atoms with Crippen LogP contribution in [0.25, 0.3) is 0 Å². The van der Waals surface area contributed by atoms with Gasteiger partial charge >= 0.3 is 0 Å². The standard InChI is InChI=1S/C20H32ClN5O2S/c1-5-8-9-18(27)26-11-10-25(13-15(26)4)17-12-16(21)22-20(23-17)29-14-19(28)24(6-2)7-3/h12,15H,5-11,13-14H2,1-4H3. The highest BCUT2D eigenvalue weighted by Crippen LogP contribution is 2.24. The molecular formula is C20H32ClN5O2S. The summed E-state index contributed by atoms with van der Waals surface area (Å²) >= 11 is 7.53. The van der Waals surface area contributed by atoms with Crippen LogP contribution in [0.4, 0.5) is 5.82 Å². The number of carbonyl (C=O) groups excluding carboxylic acids is 2. The Kier molecular flexibility index (Phi) is 9.49. The molecule has 1 unspecified atom stereocenters. The lowest BCUT2D eigenvalue weighted by Crippen LogP contribution is -2.54. The van der Waals surface area contributed by atoms with E-state index in [1.807, 2.05) is 18.7 Å². The van der Waals surface area contributed by atoms with Crippen molar-refractivity contribution in [3.05, 3.63) is 11.2 Å². The third-order valence-electron chi connectivity index (χ3n) is 5.12. The van der Waals surface area contributed by atoms with Gasteiger partial charge < -0.3 is 14.7 Å². The van der Waals surface area contributed by atoms with Crippen molar-refractivity contribution in [2.75, 3.05) is 43.4 Å². The van der Waals surface area contributed by atoms with Crippen LogP contribution in [0.1, 0.15) is 47.0 Å². The molecule has 1 aliphatic rings. The Morgan fingerprint density at radius 2 is 1.97 bits per heavy atom. The number of carbonyl (C=O) groups is 2. The molecule has 0 aromatic carbocycles. The number of rotatable bonds is 9. The summed E-state index contributed by atoms with van der Waals surface area (Å²) in [5, 5.41) is 0.865. The third-order valence-corrected chi connectivity index (χ3v) is 6.14. The first kappa shape index (κ1) is 23.7. The highest BCUT2D eigenvalue weighted by Gasteiger charge is 2.28. The third kappa shape index (κ3) is 6.74. The molecule has 29 heavy (non-hydrogen) atoms. The maximum atomic E-state index is 12.4. The zero-order valence-electron chi connectivity index (χ0n) is 17.9. The molecule has 2 amide bonds. The Morgan fingerprint density at radius 3 is 2.59 bits per heavy atom. The average Bonchev–Trinajstić information content (AvgIpc) is 2.70. The molecule has 1 aliphatic heterocycles. The molecule has 2 heterocycles. The smallest absolute Gasteiger partial charge is 0.233 e. The summed E-state index contributed by atoms with van der Waals surface area (Å²) < 4.78 is 0. The normalized spacial score (nSPS) is 16.8. The Hall–Kier alpha value is -1.54. The minimum atomic E-state index is 0.0675. The first-order valence-electron chi connectivity index (χ1n) is 10.4. The fourth-order valence-corrected chi connectivity index (χ4v) is 4.40. The molecule has 9 heteroatoms. The zero-order valence-corrected chi connectivity index (χ0v) is 19.4. The SMILES string of the molecule is CCCCC(=O)N1CCN(c2cc(Cl)nc(SCC(=O)N(CC)CC)n2)CC1C. The van der Waals surface area contributed by atoms with Gasteiger partial charge in [0.2, 0.25) is 11.8 Å². The Bertz CT molecular complexity index is 701. The zero-order chi connectivity index (χ0) is 21.4. The van der Waals surface area contributed by atoms with E-state index in [4.69, 9.17) is 11.6 Å². The lowest BCUT2D eigenvalue weighted by Gasteiger charge is -2.40. The topological polar surface area (TPSA) is 69.6 Å². The van der Waals surface area contributed by atoms with Crippen molar-refractivity contribution in [1.82, 2.24) is 19.8 Å². The largest absolute Gasteiger partial charge is 0.353 e. The van der Waals surface area contributed by atoms with E-state index in [9.17, 15) is 9.59 Å². The summed E-state index contributed by atoms with van der Waals surface area (Å²) in [6.45, 7) is 11.6. The fourth-order valence-electron chi connectivity index (χ4n) is 3.41. The highest BCUT2D eigenvalue weighted by molar-refractivity contribution is 7.99. The second-order valence-corrected chi connectivity index (χ2v) is 8.50. The van der Waals surface area contributed by atoms with Gasteiger partial charge in [-0.15, -0.1) is 0 Å². The second-order valence-electron chi connectivity index (χ2n) is 7.17. The predicted molar refractivity (Wildman–Crippen MR) is 119 cm³/mol. The van der Waals surface area contributed by atoms with Crippen molar-refractivity contribution < 1.29 is 9.59 Å². The molecule has 0 bridgehead atoms. The predicted octanol–water partition coefficient (Wildman–Crippen LogP) is 3.32.